The quantitative estimate of drug-likeness (QED) is 0.371. The first-order chi connectivity index (χ1) is 12.3. The maximum absolute atomic E-state index is 12.3. The lowest BCUT2D eigenvalue weighted by molar-refractivity contribution is 0.0958. The van der Waals surface area contributed by atoms with E-state index in [1.165, 1.54) is 51.4 Å². The number of hydrogen-bond acceptors (Lipinski definition) is 3. The number of Topliss-reactive ketones (excluding diaryl/α,β-unsaturated/α-hetero) is 1. The molecule has 3 nitrogen and oxygen atoms in total. The third-order valence-corrected chi connectivity index (χ3v) is 5.05. The fourth-order valence-corrected chi connectivity index (χ4v) is 3.40. The summed E-state index contributed by atoms with van der Waals surface area (Å²) in [6.07, 6.45) is 12.1. The van der Waals surface area contributed by atoms with Gasteiger partial charge >= 0.3 is 0 Å². The molecule has 1 aliphatic rings. The second kappa shape index (κ2) is 12.1. The van der Waals surface area contributed by atoms with E-state index in [4.69, 9.17) is 4.74 Å². The maximum Gasteiger partial charge on any atom is 0.164 e. The molecule has 0 amide bonds. The molecule has 3 heteroatoms. The van der Waals surface area contributed by atoms with Crippen LogP contribution in [0.1, 0.15) is 81.5 Å². The molecule has 0 radical (unpaired) electrons. The lowest BCUT2D eigenvalue weighted by Gasteiger charge is -2.25. The minimum atomic E-state index is 0.244. The summed E-state index contributed by atoms with van der Waals surface area (Å²) in [7, 11) is 0. The largest absolute Gasteiger partial charge is 0.494 e. The van der Waals surface area contributed by atoms with E-state index in [0.717, 1.165) is 44.0 Å². The Morgan fingerprint density at radius 2 is 1.64 bits per heavy atom. The van der Waals surface area contributed by atoms with Gasteiger partial charge in [-0.15, -0.1) is 0 Å². The van der Waals surface area contributed by atoms with E-state index in [9.17, 15) is 4.79 Å². The molecule has 0 unspecified atom stereocenters. The topological polar surface area (TPSA) is 29.5 Å². The van der Waals surface area contributed by atoms with Gasteiger partial charge in [-0.2, -0.15) is 0 Å². The Kier molecular flexibility index (Phi) is 9.65. The molecule has 0 atom stereocenters. The first-order valence-electron chi connectivity index (χ1n) is 10.3. The highest BCUT2D eigenvalue weighted by molar-refractivity contribution is 5.96. The van der Waals surface area contributed by atoms with Gasteiger partial charge in [0.15, 0.2) is 5.78 Å². The molecule has 0 N–H and O–H groups in total. The van der Waals surface area contributed by atoms with Crippen molar-refractivity contribution in [1.29, 1.82) is 0 Å². The Labute approximate surface area is 153 Å². The molecule has 0 spiro atoms. The van der Waals surface area contributed by atoms with Gasteiger partial charge < -0.3 is 9.64 Å². The monoisotopic (exact) mass is 345 g/mol. The molecule has 0 aromatic heterocycles. The molecule has 1 aromatic carbocycles. The van der Waals surface area contributed by atoms with Crippen LogP contribution in [0.5, 0.6) is 5.75 Å². The summed E-state index contributed by atoms with van der Waals surface area (Å²) < 4.78 is 5.78. The van der Waals surface area contributed by atoms with Gasteiger partial charge in [-0.05, 0) is 56.6 Å². The number of hydrogen-bond donors (Lipinski definition) is 0. The molecule has 0 bridgehead atoms. The second-order valence-electron chi connectivity index (χ2n) is 7.22. The van der Waals surface area contributed by atoms with Gasteiger partial charge in [-0.25, -0.2) is 0 Å². The highest BCUT2D eigenvalue weighted by atomic mass is 16.5. The standard InChI is InChI=1S/C22H35NO2/c1-2-3-4-5-6-10-19-25-21-13-11-20(12-14-21)22(24)15-18-23-16-8-7-9-17-23/h11-14H,2-10,15-19H2,1H3. The lowest BCUT2D eigenvalue weighted by atomic mass is 10.1. The predicted octanol–water partition coefficient (Wildman–Crippen LogP) is 5.48. The molecule has 1 saturated heterocycles. The van der Waals surface area contributed by atoms with Crippen molar-refractivity contribution < 1.29 is 9.53 Å². The van der Waals surface area contributed by atoms with E-state index in [1.807, 2.05) is 24.3 Å². The normalized spacial score (nSPS) is 15.2. The van der Waals surface area contributed by atoms with Gasteiger partial charge in [-0.1, -0.05) is 45.4 Å². The number of rotatable bonds is 12. The Morgan fingerprint density at radius 1 is 0.960 bits per heavy atom. The molecule has 1 aromatic rings. The van der Waals surface area contributed by atoms with Crippen LogP contribution >= 0.6 is 0 Å². The van der Waals surface area contributed by atoms with Crippen LogP contribution in [-0.2, 0) is 0 Å². The zero-order valence-corrected chi connectivity index (χ0v) is 16.0. The van der Waals surface area contributed by atoms with Crippen molar-refractivity contribution in [2.75, 3.05) is 26.2 Å². The zero-order valence-electron chi connectivity index (χ0n) is 16.0. The van der Waals surface area contributed by atoms with Crippen LogP contribution in [0.15, 0.2) is 24.3 Å². The van der Waals surface area contributed by atoms with E-state index in [2.05, 4.69) is 11.8 Å². The van der Waals surface area contributed by atoms with Crippen molar-refractivity contribution in [3.8, 4) is 5.75 Å². The first-order valence-corrected chi connectivity index (χ1v) is 10.3. The van der Waals surface area contributed by atoms with Crippen LogP contribution in [0.4, 0.5) is 0 Å². The Hall–Kier alpha value is -1.35. The minimum Gasteiger partial charge on any atom is -0.494 e. The number of carbonyl (C=O) groups excluding carboxylic acids is 1. The number of nitrogens with zero attached hydrogens (tertiary/aromatic N) is 1. The second-order valence-corrected chi connectivity index (χ2v) is 7.22. The summed E-state index contributed by atoms with van der Waals surface area (Å²) in [5.41, 5.74) is 0.809. The highest BCUT2D eigenvalue weighted by Gasteiger charge is 2.12. The predicted molar refractivity (Wildman–Crippen MR) is 105 cm³/mol. The van der Waals surface area contributed by atoms with Crippen LogP contribution in [0, 0.1) is 0 Å². The molecule has 2 rings (SSSR count). The van der Waals surface area contributed by atoms with Crippen molar-refractivity contribution >= 4 is 5.78 Å². The van der Waals surface area contributed by atoms with Gasteiger partial charge in [0.2, 0.25) is 0 Å². The maximum atomic E-state index is 12.3. The third-order valence-electron chi connectivity index (χ3n) is 5.05. The number of benzene rings is 1. The van der Waals surface area contributed by atoms with Gasteiger partial charge in [-0.3, -0.25) is 4.79 Å². The molecule has 140 valence electrons. The fraction of sp³-hybridized carbons (Fsp3) is 0.682. The summed E-state index contributed by atoms with van der Waals surface area (Å²) in [6.45, 7) is 6.21. The Morgan fingerprint density at radius 3 is 2.36 bits per heavy atom. The van der Waals surface area contributed by atoms with E-state index in [1.54, 1.807) is 0 Å². The van der Waals surface area contributed by atoms with Crippen LogP contribution in [-0.4, -0.2) is 36.9 Å². The smallest absolute Gasteiger partial charge is 0.164 e. The van der Waals surface area contributed by atoms with Crippen LogP contribution in [0.25, 0.3) is 0 Å². The number of carbonyl (C=O) groups is 1. The summed E-state index contributed by atoms with van der Waals surface area (Å²) in [4.78, 5) is 14.7. The van der Waals surface area contributed by atoms with Crippen molar-refractivity contribution in [2.24, 2.45) is 0 Å². The zero-order chi connectivity index (χ0) is 17.7. The number of ketones is 1. The fourth-order valence-electron chi connectivity index (χ4n) is 3.40. The molecule has 1 aliphatic heterocycles. The number of piperidine rings is 1. The van der Waals surface area contributed by atoms with E-state index < -0.39 is 0 Å². The van der Waals surface area contributed by atoms with Crippen molar-refractivity contribution in [3.63, 3.8) is 0 Å². The average Bonchev–Trinajstić information content (AvgIpc) is 2.67. The van der Waals surface area contributed by atoms with E-state index in [0.29, 0.717) is 6.42 Å². The summed E-state index contributed by atoms with van der Waals surface area (Å²) >= 11 is 0. The Balaban J connectivity index is 1.62. The molecule has 0 aliphatic carbocycles. The van der Waals surface area contributed by atoms with Crippen LogP contribution < -0.4 is 4.74 Å². The van der Waals surface area contributed by atoms with E-state index in [-0.39, 0.29) is 5.78 Å². The number of ether oxygens (including phenoxy) is 1. The molecule has 1 heterocycles. The van der Waals surface area contributed by atoms with Crippen LogP contribution in [0.2, 0.25) is 0 Å². The van der Waals surface area contributed by atoms with E-state index >= 15 is 0 Å². The summed E-state index contributed by atoms with van der Waals surface area (Å²) in [5, 5.41) is 0. The molecule has 1 fully saturated rings. The third kappa shape index (κ3) is 8.04. The minimum absolute atomic E-state index is 0.244. The number of likely N-dealkylation sites (tertiary alicyclic amines) is 1. The lowest BCUT2D eigenvalue weighted by Crippen LogP contribution is -2.31. The molecule has 25 heavy (non-hydrogen) atoms. The molecule has 0 saturated carbocycles. The van der Waals surface area contributed by atoms with Gasteiger partial charge in [0, 0.05) is 18.5 Å². The average molecular weight is 346 g/mol. The van der Waals surface area contributed by atoms with Gasteiger partial charge in [0.1, 0.15) is 5.75 Å². The first kappa shape index (κ1) is 20.0. The van der Waals surface area contributed by atoms with Crippen molar-refractivity contribution in [1.82, 2.24) is 4.90 Å². The van der Waals surface area contributed by atoms with Crippen LogP contribution in [0.3, 0.4) is 0 Å². The van der Waals surface area contributed by atoms with Crippen molar-refractivity contribution in [3.05, 3.63) is 29.8 Å². The Bertz CT molecular complexity index is 477. The number of unbranched alkanes of at least 4 members (excludes halogenated alkanes) is 5. The summed E-state index contributed by atoms with van der Waals surface area (Å²) in [6, 6.07) is 7.70. The van der Waals surface area contributed by atoms with Gasteiger partial charge in [0.25, 0.3) is 0 Å². The molecular weight excluding hydrogens is 310 g/mol. The summed E-state index contributed by atoms with van der Waals surface area (Å²) in [5.74, 6) is 1.12. The SMILES string of the molecule is CCCCCCCCOc1ccc(C(=O)CCN2CCCCC2)cc1. The van der Waals surface area contributed by atoms with Crippen molar-refractivity contribution in [2.45, 2.75) is 71.1 Å². The molecular formula is C22H35NO2. The van der Waals surface area contributed by atoms with Gasteiger partial charge in [0.05, 0.1) is 6.61 Å². The highest BCUT2D eigenvalue weighted by Crippen LogP contribution is 2.15.